The predicted octanol–water partition coefficient (Wildman–Crippen LogP) is 1.42. The topological polar surface area (TPSA) is 71.8 Å². The zero-order valence-corrected chi connectivity index (χ0v) is 13.4. The van der Waals surface area contributed by atoms with Crippen LogP contribution in [0.2, 0.25) is 0 Å². The maximum absolute atomic E-state index is 12.8. The van der Waals surface area contributed by atoms with E-state index >= 15 is 0 Å². The number of carbonyl (C=O) groups excluding carboxylic acids is 1. The second kappa shape index (κ2) is 7.08. The molecule has 0 spiro atoms. The van der Waals surface area contributed by atoms with E-state index in [1.54, 1.807) is 0 Å². The Morgan fingerprint density at radius 1 is 1.29 bits per heavy atom. The van der Waals surface area contributed by atoms with E-state index < -0.39 is 12.1 Å². The first-order chi connectivity index (χ1) is 11.4. The maximum Gasteiger partial charge on any atom is 0.391 e. The number of halogens is 3. The normalized spacial score (nSPS) is 27.5. The summed E-state index contributed by atoms with van der Waals surface area (Å²) in [6.07, 6.45) is 0.284. The van der Waals surface area contributed by atoms with Crippen LogP contribution in [0.3, 0.4) is 0 Å². The minimum absolute atomic E-state index is 0.0129. The monoisotopic (exact) mass is 345 g/mol. The number of amides is 1. The van der Waals surface area contributed by atoms with Gasteiger partial charge in [-0.25, -0.2) is 9.67 Å². The van der Waals surface area contributed by atoms with Gasteiger partial charge in [0.05, 0.1) is 19.0 Å². The molecule has 134 valence electrons. The fourth-order valence-electron chi connectivity index (χ4n) is 3.54. The Kier molecular flexibility index (Phi) is 5.07. The van der Waals surface area contributed by atoms with Gasteiger partial charge in [-0.2, -0.15) is 18.3 Å². The number of aromatic nitrogens is 3. The van der Waals surface area contributed by atoms with Crippen LogP contribution in [-0.2, 0) is 17.8 Å². The molecule has 0 unspecified atom stereocenters. The van der Waals surface area contributed by atoms with Crippen LogP contribution < -0.4 is 10.6 Å². The van der Waals surface area contributed by atoms with Gasteiger partial charge in [0.1, 0.15) is 12.2 Å². The number of hydrogen-bond acceptors (Lipinski definition) is 4. The molecule has 24 heavy (non-hydrogen) atoms. The quantitative estimate of drug-likeness (QED) is 0.866. The molecule has 3 rings (SSSR count). The van der Waals surface area contributed by atoms with Crippen LogP contribution in [0.1, 0.15) is 37.9 Å². The van der Waals surface area contributed by atoms with Gasteiger partial charge in [-0.3, -0.25) is 4.79 Å². The number of fused-ring (bicyclic) bond motifs is 1. The molecule has 1 fully saturated rings. The Hall–Kier alpha value is -1.64. The highest BCUT2D eigenvalue weighted by Gasteiger charge is 2.42. The third kappa shape index (κ3) is 4.25. The summed E-state index contributed by atoms with van der Waals surface area (Å²) in [5.41, 5.74) is 0. The average molecular weight is 345 g/mol. The lowest BCUT2D eigenvalue weighted by atomic mass is 9.85. The summed E-state index contributed by atoms with van der Waals surface area (Å²) in [5, 5.41) is 10.0. The molecule has 2 aliphatic rings. The Labute approximate surface area is 138 Å². The first-order valence-corrected chi connectivity index (χ1v) is 8.38. The molecule has 1 aliphatic heterocycles. The van der Waals surface area contributed by atoms with Gasteiger partial charge in [0.25, 0.3) is 0 Å². The summed E-state index contributed by atoms with van der Waals surface area (Å²) in [7, 11) is 0. The number of carbonyl (C=O) groups is 1. The van der Waals surface area contributed by atoms with Crippen LogP contribution in [0.5, 0.6) is 0 Å². The standard InChI is InChI=1S/C15H22F3N5O/c16-15(17,18)10-2-1-3-11(6-10)22-14(24)7-19-12-4-5-13-20-9-21-23(13)8-12/h9-12,19H,1-8H2,(H,22,24)/t10-,11-,12-/m1/s1. The molecule has 1 aromatic rings. The van der Waals surface area contributed by atoms with E-state index in [4.69, 9.17) is 0 Å². The van der Waals surface area contributed by atoms with E-state index in [1.165, 1.54) is 6.33 Å². The zero-order valence-electron chi connectivity index (χ0n) is 13.4. The van der Waals surface area contributed by atoms with Crippen LogP contribution in [0.4, 0.5) is 13.2 Å². The van der Waals surface area contributed by atoms with Crippen molar-refractivity contribution in [2.75, 3.05) is 6.54 Å². The molecule has 0 radical (unpaired) electrons. The van der Waals surface area contributed by atoms with E-state index in [-0.39, 0.29) is 37.4 Å². The van der Waals surface area contributed by atoms with E-state index in [1.807, 2.05) is 4.68 Å². The summed E-state index contributed by atoms with van der Waals surface area (Å²) in [6.45, 7) is 0.768. The van der Waals surface area contributed by atoms with Crippen molar-refractivity contribution in [2.24, 2.45) is 5.92 Å². The van der Waals surface area contributed by atoms with Gasteiger partial charge < -0.3 is 10.6 Å². The van der Waals surface area contributed by atoms with Gasteiger partial charge in [-0.1, -0.05) is 6.42 Å². The minimum Gasteiger partial charge on any atom is -0.352 e. The van der Waals surface area contributed by atoms with Crippen LogP contribution in [0, 0.1) is 5.92 Å². The minimum atomic E-state index is -4.17. The Morgan fingerprint density at radius 2 is 2.12 bits per heavy atom. The van der Waals surface area contributed by atoms with Crippen molar-refractivity contribution in [3.05, 3.63) is 12.2 Å². The molecule has 1 aliphatic carbocycles. The Balaban J connectivity index is 1.41. The van der Waals surface area contributed by atoms with Gasteiger partial charge >= 0.3 is 6.18 Å². The van der Waals surface area contributed by atoms with Gasteiger partial charge in [0.15, 0.2) is 0 Å². The fourth-order valence-corrected chi connectivity index (χ4v) is 3.54. The van der Waals surface area contributed by atoms with Gasteiger partial charge in [-0.15, -0.1) is 0 Å². The molecular formula is C15H22F3N5O. The molecule has 0 saturated heterocycles. The lowest BCUT2D eigenvalue weighted by Crippen LogP contribution is -2.47. The van der Waals surface area contributed by atoms with Crippen molar-refractivity contribution < 1.29 is 18.0 Å². The summed E-state index contributed by atoms with van der Waals surface area (Å²) in [4.78, 5) is 16.2. The van der Waals surface area contributed by atoms with Crippen molar-refractivity contribution in [3.63, 3.8) is 0 Å². The van der Waals surface area contributed by atoms with E-state index in [0.717, 1.165) is 18.7 Å². The fraction of sp³-hybridized carbons (Fsp3) is 0.800. The molecule has 0 bridgehead atoms. The van der Waals surface area contributed by atoms with Crippen molar-refractivity contribution in [3.8, 4) is 0 Å². The Morgan fingerprint density at radius 3 is 2.92 bits per heavy atom. The molecule has 3 atom stereocenters. The number of rotatable bonds is 4. The molecule has 1 saturated carbocycles. The summed E-state index contributed by atoms with van der Waals surface area (Å²) < 4.78 is 40.2. The van der Waals surface area contributed by atoms with Crippen LogP contribution in [0.25, 0.3) is 0 Å². The van der Waals surface area contributed by atoms with Gasteiger partial charge in [0, 0.05) is 18.5 Å². The van der Waals surface area contributed by atoms with Crippen LogP contribution in [-0.4, -0.2) is 45.5 Å². The van der Waals surface area contributed by atoms with E-state index in [9.17, 15) is 18.0 Å². The maximum atomic E-state index is 12.8. The third-order valence-electron chi connectivity index (χ3n) is 4.86. The molecular weight excluding hydrogens is 323 g/mol. The van der Waals surface area contributed by atoms with Gasteiger partial charge in [0.2, 0.25) is 5.91 Å². The molecule has 1 amide bonds. The molecule has 1 aromatic heterocycles. The zero-order chi connectivity index (χ0) is 17.2. The molecule has 2 heterocycles. The van der Waals surface area contributed by atoms with E-state index in [2.05, 4.69) is 20.7 Å². The highest BCUT2D eigenvalue weighted by atomic mass is 19.4. The SMILES string of the molecule is O=C(CN[C@@H]1CCc2ncnn2C1)N[C@@H]1CCC[C@@H](C(F)(F)F)C1. The second-order valence-electron chi connectivity index (χ2n) is 6.64. The smallest absolute Gasteiger partial charge is 0.352 e. The molecule has 9 heteroatoms. The number of aryl methyl sites for hydroxylation is 1. The van der Waals surface area contributed by atoms with Crippen molar-refractivity contribution >= 4 is 5.91 Å². The van der Waals surface area contributed by atoms with Crippen LogP contribution in [0.15, 0.2) is 6.33 Å². The number of alkyl halides is 3. The van der Waals surface area contributed by atoms with E-state index in [0.29, 0.717) is 19.4 Å². The molecule has 6 nitrogen and oxygen atoms in total. The number of hydrogen-bond donors (Lipinski definition) is 2. The highest BCUT2D eigenvalue weighted by molar-refractivity contribution is 5.78. The summed E-state index contributed by atoms with van der Waals surface area (Å²) in [5.74, 6) is -0.598. The first-order valence-electron chi connectivity index (χ1n) is 8.38. The van der Waals surface area contributed by atoms with Crippen molar-refractivity contribution in [1.29, 1.82) is 0 Å². The van der Waals surface area contributed by atoms with Crippen molar-refractivity contribution in [2.45, 2.75) is 63.3 Å². The Bertz CT molecular complexity index is 574. The first kappa shape index (κ1) is 17.2. The third-order valence-corrected chi connectivity index (χ3v) is 4.86. The average Bonchev–Trinajstić information content (AvgIpc) is 3.00. The summed E-state index contributed by atoms with van der Waals surface area (Å²) in [6, 6.07) is -0.257. The molecule has 0 aromatic carbocycles. The number of nitrogens with zero attached hydrogens (tertiary/aromatic N) is 3. The lowest BCUT2D eigenvalue weighted by Gasteiger charge is -2.31. The number of nitrogens with one attached hydrogen (secondary N) is 2. The largest absolute Gasteiger partial charge is 0.391 e. The predicted molar refractivity (Wildman–Crippen MR) is 80.1 cm³/mol. The van der Waals surface area contributed by atoms with Crippen molar-refractivity contribution in [1.82, 2.24) is 25.4 Å². The summed E-state index contributed by atoms with van der Waals surface area (Å²) >= 11 is 0. The highest BCUT2D eigenvalue weighted by Crippen LogP contribution is 2.37. The second-order valence-corrected chi connectivity index (χ2v) is 6.64. The lowest BCUT2D eigenvalue weighted by molar-refractivity contribution is -0.184. The van der Waals surface area contributed by atoms with Crippen LogP contribution >= 0.6 is 0 Å². The molecule has 2 N–H and O–H groups in total. The van der Waals surface area contributed by atoms with Gasteiger partial charge in [-0.05, 0) is 25.7 Å².